The Hall–Kier alpha value is -2.53. The molecule has 0 unspecified atom stereocenters. The maximum Gasteiger partial charge on any atom is 0.163 e. The molecular formula is C20H22N4S. The van der Waals surface area contributed by atoms with Crippen LogP contribution in [0.2, 0.25) is 0 Å². The first-order chi connectivity index (χ1) is 12.1. The van der Waals surface area contributed by atoms with Gasteiger partial charge in [-0.1, -0.05) is 30.3 Å². The third kappa shape index (κ3) is 4.73. The van der Waals surface area contributed by atoms with E-state index in [0.717, 1.165) is 22.9 Å². The molecule has 5 heteroatoms. The van der Waals surface area contributed by atoms with Crippen molar-refractivity contribution in [3.05, 3.63) is 60.7 Å². The van der Waals surface area contributed by atoms with Crippen molar-refractivity contribution in [2.24, 2.45) is 0 Å². The van der Waals surface area contributed by atoms with Crippen LogP contribution in [0.4, 0.5) is 17.3 Å². The summed E-state index contributed by atoms with van der Waals surface area (Å²) in [5, 5.41) is 6.74. The summed E-state index contributed by atoms with van der Waals surface area (Å²) in [5.41, 5.74) is 2.00. The van der Waals surface area contributed by atoms with Gasteiger partial charge in [-0.2, -0.15) is 0 Å². The minimum atomic E-state index is 0.298. The van der Waals surface area contributed by atoms with E-state index in [0.29, 0.717) is 11.9 Å². The van der Waals surface area contributed by atoms with Crippen molar-refractivity contribution in [3.8, 4) is 11.4 Å². The van der Waals surface area contributed by atoms with Gasteiger partial charge in [0.05, 0.1) is 0 Å². The number of benzene rings is 2. The number of aromatic nitrogens is 2. The minimum absolute atomic E-state index is 0.298. The van der Waals surface area contributed by atoms with Crippen molar-refractivity contribution in [3.63, 3.8) is 0 Å². The third-order valence-electron chi connectivity index (χ3n) is 3.56. The second kappa shape index (κ2) is 8.03. The Kier molecular flexibility index (Phi) is 5.56. The zero-order valence-electron chi connectivity index (χ0n) is 14.7. The number of thioether (sulfide) groups is 1. The molecule has 3 aromatic rings. The molecule has 0 fully saturated rings. The Morgan fingerprint density at radius 3 is 2.20 bits per heavy atom. The first-order valence-electron chi connectivity index (χ1n) is 8.26. The molecule has 0 radical (unpaired) electrons. The Morgan fingerprint density at radius 2 is 1.56 bits per heavy atom. The number of nitrogens with one attached hydrogen (secondary N) is 2. The summed E-state index contributed by atoms with van der Waals surface area (Å²) in [5.74, 6) is 2.29. The average molecular weight is 350 g/mol. The molecule has 0 bridgehead atoms. The lowest BCUT2D eigenvalue weighted by Crippen LogP contribution is -2.12. The van der Waals surface area contributed by atoms with Crippen molar-refractivity contribution in [2.45, 2.75) is 24.8 Å². The molecule has 128 valence electrons. The van der Waals surface area contributed by atoms with Crippen molar-refractivity contribution in [2.75, 3.05) is 16.9 Å². The van der Waals surface area contributed by atoms with E-state index in [1.165, 1.54) is 4.90 Å². The lowest BCUT2D eigenvalue weighted by molar-refractivity contribution is 0.887. The molecule has 0 amide bonds. The summed E-state index contributed by atoms with van der Waals surface area (Å²) in [7, 11) is 0. The first-order valence-corrected chi connectivity index (χ1v) is 9.48. The van der Waals surface area contributed by atoms with E-state index in [4.69, 9.17) is 0 Å². The quantitative estimate of drug-likeness (QED) is 0.581. The van der Waals surface area contributed by atoms with Crippen LogP contribution in [0.15, 0.2) is 65.6 Å². The van der Waals surface area contributed by atoms with Crippen LogP contribution in [0.1, 0.15) is 13.8 Å². The summed E-state index contributed by atoms with van der Waals surface area (Å²) in [6.45, 7) is 4.19. The van der Waals surface area contributed by atoms with Gasteiger partial charge in [-0.25, -0.2) is 9.97 Å². The number of hydrogen-bond donors (Lipinski definition) is 2. The van der Waals surface area contributed by atoms with Crippen molar-refractivity contribution >= 4 is 29.1 Å². The number of nitrogens with zero attached hydrogens (tertiary/aromatic N) is 2. The minimum Gasteiger partial charge on any atom is -0.368 e. The topological polar surface area (TPSA) is 49.8 Å². The molecule has 1 heterocycles. The Balaban J connectivity index is 1.93. The number of anilines is 3. The average Bonchev–Trinajstić information content (AvgIpc) is 2.62. The molecular weight excluding hydrogens is 328 g/mol. The van der Waals surface area contributed by atoms with E-state index in [-0.39, 0.29) is 0 Å². The molecule has 0 saturated heterocycles. The molecule has 4 nitrogen and oxygen atoms in total. The molecule has 0 saturated carbocycles. The first kappa shape index (κ1) is 17.3. The normalized spacial score (nSPS) is 10.7. The van der Waals surface area contributed by atoms with Crippen LogP contribution >= 0.6 is 11.8 Å². The fraction of sp³-hybridized carbons (Fsp3) is 0.200. The van der Waals surface area contributed by atoms with Gasteiger partial charge in [0.25, 0.3) is 0 Å². The van der Waals surface area contributed by atoms with Crippen LogP contribution in [0.25, 0.3) is 11.4 Å². The predicted octanol–water partition coefficient (Wildman–Crippen LogP) is 5.43. The summed E-state index contributed by atoms with van der Waals surface area (Å²) in [6.07, 6.45) is 2.07. The van der Waals surface area contributed by atoms with Crippen molar-refractivity contribution < 1.29 is 0 Å². The second-order valence-electron chi connectivity index (χ2n) is 5.98. The second-order valence-corrected chi connectivity index (χ2v) is 6.86. The van der Waals surface area contributed by atoms with Gasteiger partial charge >= 0.3 is 0 Å². The van der Waals surface area contributed by atoms with E-state index in [1.807, 2.05) is 36.4 Å². The van der Waals surface area contributed by atoms with Crippen LogP contribution < -0.4 is 10.6 Å². The van der Waals surface area contributed by atoms with Gasteiger partial charge in [0, 0.05) is 28.3 Å². The smallest absolute Gasteiger partial charge is 0.163 e. The van der Waals surface area contributed by atoms with Gasteiger partial charge in [-0.05, 0) is 44.4 Å². The highest BCUT2D eigenvalue weighted by Gasteiger charge is 2.08. The van der Waals surface area contributed by atoms with Gasteiger partial charge in [0.2, 0.25) is 0 Å². The molecule has 25 heavy (non-hydrogen) atoms. The monoisotopic (exact) mass is 350 g/mol. The lowest BCUT2D eigenvalue weighted by Gasteiger charge is -2.13. The molecule has 2 N–H and O–H groups in total. The van der Waals surface area contributed by atoms with Crippen molar-refractivity contribution in [1.29, 1.82) is 0 Å². The predicted molar refractivity (Wildman–Crippen MR) is 108 cm³/mol. The largest absolute Gasteiger partial charge is 0.368 e. The molecule has 2 aromatic carbocycles. The van der Waals surface area contributed by atoms with Gasteiger partial charge in [0.1, 0.15) is 11.6 Å². The zero-order valence-corrected chi connectivity index (χ0v) is 15.5. The van der Waals surface area contributed by atoms with Crippen LogP contribution in [0.3, 0.4) is 0 Å². The van der Waals surface area contributed by atoms with E-state index in [1.54, 1.807) is 11.8 Å². The van der Waals surface area contributed by atoms with E-state index in [9.17, 15) is 0 Å². The Bertz CT molecular complexity index is 817. The summed E-state index contributed by atoms with van der Waals surface area (Å²) in [6, 6.07) is 20.6. The zero-order chi connectivity index (χ0) is 17.6. The van der Waals surface area contributed by atoms with Crippen LogP contribution in [0.5, 0.6) is 0 Å². The van der Waals surface area contributed by atoms with Gasteiger partial charge in [-0.3, -0.25) is 0 Å². The van der Waals surface area contributed by atoms with E-state index >= 15 is 0 Å². The highest BCUT2D eigenvalue weighted by molar-refractivity contribution is 7.98. The number of hydrogen-bond acceptors (Lipinski definition) is 5. The molecule has 3 rings (SSSR count). The summed E-state index contributed by atoms with van der Waals surface area (Å²) >= 11 is 1.73. The highest BCUT2D eigenvalue weighted by atomic mass is 32.2. The van der Waals surface area contributed by atoms with Crippen LogP contribution in [-0.2, 0) is 0 Å². The van der Waals surface area contributed by atoms with Gasteiger partial charge in [0.15, 0.2) is 5.82 Å². The fourth-order valence-corrected chi connectivity index (χ4v) is 2.83. The summed E-state index contributed by atoms with van der Waals surface area (Å²) in [4.78, 5) is 10.6. The van der Waals surface area contributed by atoms with Crippen LogP contribution in [0, 0.1) is 0 Å². The maximum atomic E-state index is 4.68. The highest BCUT2D eigenvalue weighted by Crippen LogP contribution is 2.24. The molecule has 1 aromatic heterocycles. The molecule has 0 spiro atoms. The fourth-order valence-electron chi connectivity index (χ4n) is 2.42. The van der Waals surface area contributed by atoms with Gasteiger partial charge < -0.3 is 10.6 Å². The van der Waals surface area contributed by atoms with Crippen LogP contribution in [-0.4, -0.2) is 22.3 Å². The molecule has 0 aliphatic rings. The molecule has 0 aliphatic carbocycles. The number of rotatable bonds is 6. The molecule has 0 atom stereocenters. The third-order valence-corrected chi connectivity index (χ3v) is 4.30. The van der Waals surface area contributed by atoms with Crippen molar-refractivity contribution in [1.82, 2.24) is 9.97 Å². The summed E-state index contributed by atoms with van der Waals surface area (Å²) < 4.78 is 0. The standard InChI is InChI=1S/C20H22N4S/c1-14(2)21-18-13-19(22-16-9-11-17(25-3)12-10-16)24-20(23-18)15-7-5-4-6-8-15/h4-14H,1-3H3,(H2,21,22,23,24). The molecule has 0 aliphatic heterocycles. The SMILES string of the molecule is CSc1ccc(Nc2cc(NC(C)C)nc(-c3ccccc3)n2)cc1. The van der Waals surface area contributed by atoms with Gasteiger partial charge in [-0.15, -0.1) is 11.8 Å². The maximum absolute atomic E-state index is 4.68. The Morgan fingerprint density at radius 1 is 0.880 bits per heavy atom. The van der Waals surface area contributed by atoms with E-state index in [2.05, 4.69) is 65.0 Å². The lowest BCUT2D eigenvalue weighted by atomic mass is 10.2. The van der Waals surface area contributed by atoms with E-state index < -0.39 is 0 Å². The Labute approximate surface area is 153 Å².